The molecule has 1 aliphatic heterocycles. The highest BCUT2D eigenvalue weighted by Crippen LogP contribution is 2.24. The van der Waals surface area contributed by atoms with Gasteiger partial charge in [-0.1, -0.05) is 12.1 Å². The Morgan fingerprint density at radius 1 is 1.08 bits per heavy atom. The number of anilines is 1. The van der Waals surface area contributed by atoms with Gasteiger partial charge in [-0.25, -0.2) is 8.42 Å². The van der Waals surface area contributed by atoms with Gasteiger partial charge in [-0.3, -0.25) is 13.9 Å². The van der Waals surface area contributed by atoms with Crippen LogP contribution >= 0.6 is 0 Å². The Morgan fingerprint density at radius 3 is 2.19 bits per heavy atom. The summed E-state index contributed by atoms with van der Waals surface area (Å²) in [5.41, 5.74) is 2.43. The molecule has 26 heavy (non-hydrogen) atoms. The van der Waals surface area contributed by atoms with Crippen LogP contribution in [0.3, 0.4) is 0 Å². The molecule has 0 spiro atoms. The second-order valence-electron chi connectivity index (χ2n) is 6.76. The van der Waals surface area contributed by atoms with E-state index in [0.29, 0.717) is 31.9 Å². The van der Waals surface area contributed by atoms with Crippen LogP contribution in [-0.2, 0) is 19.6 Å². The minimum atomic E-state index is -3.49. The summed E-state index contributed by atoms with van der Waals surface area (Å²) in [7, 11) is -3.49. The molecule has 0 aliphatic carbocycles. The van der Waals surface area contributed by atoms with E-state index in [2.05, 4.69) is 0 Å². The predicted octanol–water partition coefficient (Wildman–Crippen LogP) is 1.15. The van der Waals surface area contributed by atoms with Crippen LogP contribution in [0.2, 0.25) is 0 Å². The maximum Gasteiger partial charge on any atom is 0.232 e. The van der Waals surface area contributed by atoms with Gasteiger partial charge in [0.25, 0.3) is 0 Å². The molecule has 144 valence electrons. The van der Waals surface area contributed by atoms with Crippen LogP contribution in [0.5, 0.6) is 0 Å². The molecule has 7 nitrogen and oxygen atoms in total. The molecule has 2 amide bonds. The van der Waals surface area contributed by atoms with E-state index >= 15 is 0 Å². The Labute approximate surface area is 155 Å². The fourth-order valence-electron chi connectivity index (χ4n) is 3.08. The molecular weight excluding hydrogens is 354 g/mol. The quantitative estimate of drug-likeness (QED) is 0.767. The maximum atomic E-state index is 12.5. The van der Waals surface area contributed by atoms with E-state index in [0.717, 1.165) is 17.4 Å². The van der Waals surface area contributed by atoms with E-state index in [4.69, 9.17) is 0 Å². The van der Waals surface area contributed by atoms with Gasteiger partial charge in [0.1, 0.15) is 0 Å². The van der Waals surface area contributed by atoms with Crippen molar-refractivity contribution in [1.29, 1.82) is 0 Å². The summed E-state index contributed by atoms with van der Waals surface area (Å²) in [6, 6.07) is 5.64. The lowest BCUT2D eigenvalue weighted by Gasteiger charge is -2.34. The summed E-state index contributed by atoms with van der Waals surface area (Å²) in [5, 5.41) is 0. The molecule has 1 aliphatic rings. The van der Waals surface area contributed by atoms with Crippen LogP contribution in [0, 0.1) is 13.8 Å². The zero-order chi connectivity index (χ0) is 19.5. The van der Waals surface area contributed by atoms with E-state index < -0.39 is 10.0 Å². The minimum Gasteiger partial charge on any atom is -0.339 e. The first-order valence-corrected chi connectivity index (χ1v) is 10.5. The average molecular weight is 381 g/mol. The van der Waals surface area contributed by atoms with Crippen molar-refractivity contribution in [1.82, 2.24) is 9.80 Å². The Hall–Kier alpha value is -2.09. The fraction of sp³-hybridized carbons (Fsp3) is 0.556. The molecule has 0 atom stereocenters. The highest BCUT2D eigenvalue weighted by atomic mass is 32.2. The molecule has 0 radical (unpaired) electrons. The van der Waals surface area contributed by atoms with Gasteiger partial charge < -0.3 is 9.80 Å². The largest absolute Gasteiger partial charge is 0.339 e. The Balaban J connectivity index is 2.05. The second kappa shape index (κ2) is 8.07. The van der Waals surface area contributed by atoms with Gasteiger partial charge in [0.15, 0.2) is 0 Å². The van der Waals surface area contributed by atoms with Crippen LogP contribution < -0.4 is 4.31 Å². The van der Waals surface area contributed by atoms with Gasteiger partial charge in [-0.05, 0) is 31.0 Å². The molecule has 0 N–H and O–H groups in total. The number of carbonyl (C=O) groups is 2. The molecule has 1 aromatic carbocycles. The van der Waals surface area contributed by atoms with E-state index in [9.17, 15) is 18.0 Å². The molecule has 1 aromatic rings. The van der Waals surface area contributed by atoms with Crippen molar-refractivity contribution < 1.29 is 18.0 Å². The lowest BCUT2D eigenvalue weighted by atomic mass is 10.1. The second-order valence-corrected chi connectivity index (χ2v) is 8.67. The Morgan fingerprint density at radius 2 is 1.65 bits per heavy atom. The summed E-state index contributed by atoms with van der Waals surface area (Å²) < 4.78 is 25.8. The van der Waals surface area contributed by atoms with Gasteiger partial charge >= 0.3 is 0 Å². The van der Waals surface area contributed by atoms with Gasteiger partial charge in [0.05, 0.1) is 11.9 Å². The molecule has 0 saturated carbocycles. The highest BCUT2D eigenvalue weighted by molar-refractivity contribution is 7.92. The van der Waals surface area contributed by atoms with E-state index in [-0.39, 0.29) is 24.8 Å². The lowest BCUT2D eigenvalue weighted by molar-refractivity contribution is -0.138. The summed E-state index contributed by atoms with van der Waals surface area (Å²) >= 11 is 0. The first kappa shape index (κ1) is 20.2. The molecule has 1 fully saturated rings. The van der Waals surface area contributed by atoms with Crippen molar-refractivity contribution in [2.75, 3.05) is 43.3 Å². The van der Waals surface area contributed by atoms with Crippen LogP contribution in [0.25, 0.3) is 0 Å². The van der Waals surface area contributed by atoms with Gasteiger partial charge in [-0.2, -0.15) is 0 Å². The predicted molar refractivity (Wildman–Crippen MR) is 102 cm³/mol. The Bertz CT molecular complexity index is 784. The Kier molecular flexibility index (Phi) is 6.28. The summed E-state index contributed by atoms with van der Waals surface area (Å²) in [6.07, 6.45) is 1.27. The van der Waals surface area contributed by atoms with Crippen molar-refractivity contribution >= 4 is 27.5 Å². The zero-order valence-corrected chi connectivity index (χ0v) is 16.7. The molecule has 0 unspecified atom stereocenters. The molecule has 0 bridgehead atoms. The first-order chi connectivity index (χ1) is 12.1. The molecule has 1 saturated heterocycles. The number of nitrogens with zero attached hydrogens (tertiary/aromatic N) is 3. The molecule has 2 rings (SSSR count). The van der Waals surface area contributed by atoms with Crippen molar-refractivity contribution in [3.63, 3.8) is 0 Å². The summed E-state index contributed by atoms with van der Waals surface area (Å²) in [6.45, 7) is 7.41. The highest BCUT2D eigenvalue weighted by Gasteiger charge is 2.25. The number of amides is 2. The number of sulfonamides is 1. The minimum absolute atomic E-state index is 0.00951. The number of carbonyl (C=O) groups excluding carboxylic acids is 2. The van der Waals surface area contributed by atoms with Crippen molar-refractivity contribution in [2.24, 2.45) is 0 Å². The van der Waals surface area contributed by atoms with E-state index in [1.54, 1.807) is 9.80 Å². The number of piperazine rings is 1. The van der Waals surface area contributed by atoms with Crippen LogP contribution in [0.15, 0.2) is 18.2 Å². The van der Waals surface area contributed by atoms with Crippen LogP contribution in [-0.4, -0.2) is 69.0 Å². The summed E-state index contributed by atoms with van der Waals surface area (Å²) in [4.78, 5) is 27.3. The third-order valence-corrected chi connectivity index (χ3v) is 5.82. The third kappa shape index (κ3) is 4.97. The number of aryl methyl sites for hydroxylation is 2. The zero-order valence-electron chi connectivity index (χ0n) is 15.9. The average Bonchev–Trinajstić information content (AvgIpc) is 2.56. The number of benzene rings is 1. The normalized spacial score (nSPS) is 15.1. The van der Waals surface area contributed by atoms with Gasteiger partial charge in [0.2, 0.25) is 21.8 Å². The van der Waals surface area contributed by atoms with Crippen molar-refractivity contribution in [3.05, 3.63) is 29.3 Å². The number of hydrogen-bond donors (Lipinski definition) is 0. The van der Waals surface area contributed by atoms with Gasteiger partial charge in [0, 0.05) is 46.1 Å². The number of rotatable bonds is 5. The SMILES string of the molecule is CC(=O)N1CCN(C(=O)CCN(c2cc(C)ccc2C)S(C)(=O)=O)CC1. The van der Waals surface area contributed by atoms with Gasteiger partial charge in [-0.15, -0.1) is 0 Å². The topological polar surface area (TPSA) is 78.0 Å². The number of hydrogen-bond acceptors (Lipinski definition) is 4. The third-order valence-electron chi connectivity index (χ3n) is 4.64. The smallest absolute Gasteiger partial charge is 0.232 e. The molecule has 0 aromatic heterocycles. The summed E-state index contributed by atoms with van der Waals surface area (Å²) in [5.74, 6) is -0.0811. The van der Waals surface area contributed by atoms with Crippen LogP contribution in [0.1, 0.15) is 24.5 Å². The molecule has 1 heterocycles. The maximum absolute atomic E-state index is 12.5. The van der Waals surface area contributed by atoms with Crippen molar-refractivity contribution in [3.8, 4) is 0 Å². The monoisotopic (exact) mass is 381 g/mol. The lowest BCUT2D eigenvalue weighted by Crippen LogP contribution is -2.50. The molecule has 8 heteroatoms. The van der Waals surface area contributed by atoms with E-state index in [1.807, 2.05) is 32.0 Å². The standard InChI is InChI=1S/C18H27N3O4S/c1-14-5-6-15(2)17(13-14)21(26(4,24)25)8-7-18(23)20-11-9-19(10-12-20)16(3)22/h5-6,13H,7-12H2,1-4H3. The van der Waals surface area contributed by atoms with Crippen molar-refractivity contribution in [2.45, 2.75) is 27.2 Å². The van der Waals surface area contributed by atoms with E-state index in [1.165, 1.54) is 11.2 Å². The van der Waals surface area contributed by atoms with Crippen LogP contribution in [0.4, 0.5) is 5.69 Å². The molecular formula is C18H27N3O4S. The fourth-order valence-corrected chi connectivity index (χ4v) is 4.06. The first-order valence-electron chi connectivity index (χ1n) is 8.68.